The van der Waals surface area contributed by atoms with Crippen molar-refractivity contribution in [2.45, 2.75) is 39.7 Å². The van der Waals surface area contributed by atoms with E-state index in [1.54, 1.807) is 0 Å². The summed E-state index contributed by atoms with van der Waals surface area (Å²) in [5, 5.41) is 5.64. The molecule has 3 rings (SSSR count). The quantitative estimate of drug-likeness (QED) is 0.885. The molecule has 1 saturated heterocycles. The number of anilines is 1. The summed E-state index contributed by atoms with van der Waals surface area (Å²) >= 11 is 1.50. The first-order chi connectivity index (χ1) is 11.6. The van der Waals surface area contributed by atoms with Gasteiger partial charge in [0.25, 0.3) is 5.91 Å². The van der Waals surface area contributed by atoms with E-state index < -0.39 is 0 Å². The molecule has 0 spiro atoms. The number of hydrogen-bond donors (Lipinski definition) is 1. The molecular weight excluding hydrogens is 318 g/mol. The predicted molar refractivity (Wildman–Crippen MR) is 99.6 cm³/mol. The van der Waals surface area contributed by atoms with Gasteiger partial charge in [0.05, 0.1) is 5.69 Å². The molecule has 1 aromatic carbocycles. The fourth-order valence-corrected chi connectivity index (χ4v) is 3.64. The first-order valence-corrected chi connectivity index (χ1v) is 9.59. The van der Waals surface area contributed by atoms with Crippen LogP contribution < -0.4 is 5.32 Å². The minimum absolute atomic E-state index is 0.0923. The van der Waals surface area contributed by atoms with Gasteiger partial charge in [0.2, 0.25) is 0 Å². The summed E-state index contributed by atoms with van der Waals surface area (Å²) in [5.74, 6) is 0.746. The highest BCUT2D eigenvalue weighted by molar-refractivity contribution is 7.13. The van der Waals surface area contributed by atoms with Gasteiger partial charge in [-0.25, -0.2) is 4.98 Å². The lowest BCUT2D eigenvalue weighted by molar-refractivity contribution is 0.102. The van der Waals surface area contributed by atoms with Crippen molar-refractivity contribution in [3.05, 3.63) is 46.5 Å². The summed E-state index contributed by atoms with van der Waals surface area (Å²) in [6.07, 6.45) is 3.51. The first-order valence-electron chi connectivity index (χ1n) is 8.71. The molecule has 24 heavy (non-hydrogen) atoms. The van der Waals surface area contributed by atoms with Gasteiger partial charge >= 0.3 is 0 Å². The van der Waals surface area contributed by atoms with E-state index in [-0.39, 0.29) is 5.91 Å². The van der Waals surface area contributed by atoms with Crippen LogP contribution in [-0.4, -0.2) is 28.9 Å². The highest BCUT2D eigenvalue weighted by atomic mass is 32.1. The smallest absolute Gasteiger partial charge is 0.257 e. The van der Waals surface area contributed by atoms with Crippen LogP contribution in [0.1, 0.15) is 48.3 Å². The normalized spacial score (nSPS) is 16.2. The van der Waals surface area contributed by atoms with Crippen molar-refractivity contribution < 1.29 is 4.79 Å². The second kappa shape index (κ2) is 7.90. The van der Waals surface area contributed by atoms with Gasteiger partial charge in [0.15, 0.2) is 5.13 Å². The molecule has 0 aliphatic carbocycles. The molecule has 1 aliphatic heterocycles. The second-order valence-corrected chi connectivity index (χ2v) is 7.47. The molecule has 2 heterocycles. The van der Waals surface area contributed by atoms with Crippen LogP contribution in [0.4, 0.5) is 5.13 Å². The lowest BCUT2D eigenvalue weighted by Crippen LogP contribution is -2.32. The third-order valence-corrected chi connectivity index (χ3v) is 5.46. The van der Waals surface area contributed by atoms with E-state index in [4.69, 9.17) is 0 Å². The minimum Gasteiger partial charge on any atom is -0.298 e. The fourth-order valence-electron chi connectivity index (χ4n) is 2.95. The summed E-state index contributed by atoms with van der Waals surface area (Å²) in [5.41, 5.74) is 2.96. The molecule has 128 valence electrons. The fraction of sp³-hybridized carbons (Fsp3) is 0.474. The SMILES string of the molecule is CCc1ccc(C(=O)Nc2nc(CN3CCC(C)CC3)cs2)cc1. The Morgan fingerprint density at radius 2 is 2.00 bits per heavy atom. The number of rotatable bonds is 5. The van der Waals surface area contributed by atoms with Crippen molar-refractivity contribution in [3.63, 3.8) is 0 Å². The number of aromatic nitrogens is 1. The summed E-state index contributed by atoms with van der Waals surface area (Å²) in [7, 11) is 0. The highest BCUT2D eigenvalue weighted by Gasteiger charge is 2.17. The molecular formula is C19H25N3OS. The van der Waals surface area contributed by atoms with Crippen LogP contribution in [0.5, 0.6) is 0 Å². The molecule has 0 unspecified atom stereocenters. The molecule has 1 aromatic heterocycles. The van der Waals surface area contributed by atoms with Crippen LogP contribution in [0, 0.1) is 5.92 Å². The van der Waals surface area contributed by atoms with Crippen molar-refractivity contribution >= 4 is 22.4 Å². The molecule has 0 radical (unpaired) electrons. The number of aryl methyl sites for hydroxylation is 1. The van der Waals surface area contributed by atoms with E-state index in [1.807, 2.05) is 29.6 Å². The molecule has 0 bridgehead atoms. The van der Waals surface area contributed by atoms with Crippen molar-refractivity contribution in [2.24, 2.45) is 5.92 Å². The summed E-state index contributed by atoms with van der Waals surface area (Å²) < 4.78 is 0. The monoisotopic (exact) mass is 343 g/mol. The number of thiazole rings is 1. The third kappa shape index (κ3) is 4.42. The Morgan fingerprint density at radius 1 is 1.29 bits per heavy atom. The van der Waals surface area contributed by atoms with Gasteiger partial charge < -0.3 is 0 Å². The Hall–Kier alpha value is -1.72. The maximum absolute atomic E-state index is 12.3. The molecule has 4 nitrogen and oxygen atoms in total. The predicted octanol–water partition coefficient (Wildman–Crippen LogP) is 4.19. The largest absolute Gasteiger partial charge is 0.298 e. The topological polar surface area (TPSA) is 45.2 Å². The number of hydrogen-bond acceptors (Lipinski definition) is 4. The number of benzene rings is 1. The van der Waals surface area contributed by atoms with Crippen molar-refractivity contribution in [1.29, 1.82) is 0 Å². The average Bonchev–Trinajstić information content (AvgIpc) is 3.04. The van der Waals surface area contributed by atoms with Crippen molar-refractivity contribution in [3.8, 4) is 0 Å². The number of likely N-dealkylation sites (tertiary alicyclic amines) is 1. The molecule has 0 saturated carbocycles. The highest BCUT2D eigenvalue weighted by Crippen LogP contribution is 2.21. The average molecular weight is 343 g/mol. The maximum Gasteiger partial charge on any atom is 0.257 e. The van der Waals surface area contributed by atoms with E-state index in [9.17, 15) is 4.79 Å². The second-order valence-electron chi connectivity index (χ2n) is 6.61. The maximum atomic E-state index is 12.3. The van der Waals surface area contributed by atoms with Gasteiger partial charge in [-0.1, -0.05) is 26.0 Å². The molecule has 5 heteroatoms. The van der Waals surface area contributed by atoms with Gasteiger partial charge in [-0.05, 0) is 56.0 Å². The van der Waals surface area contributed by atoms with Crippen LogP contribution in [0.15, 0.2) is 29.6 Å². The molecule has 2 aromatic rings. The Labute approximate surface area is 147 Å². The van der Waals surface area contributed by atoms with Crippen LogP contribution in [0.3, 0.4) is 0 Å². The Morgan fingerprint density at radius 3 is 2.67 bits per heavy atom. The Kier molecular flexibility index (Phi) is 5.63. The van der Waals surface area contributed by atoms with E-state index in [2.05, 4.69) is 29.0 Å². The molecule has 1 N–H and O–H groups in total. The van der Waals surface area contributed by atoms with Crippen LogP contribution in [-0.2, 0) is 13.0 Å². The Bertz CT molecular complexity index is 672. The van der Waals surface area contributed by atoms with E-state index >= 15 is 0 Å². The van der Waals surface area contributed by atoms with Crippen LogP contribution >= 0.6 is 11.3 Å². The van der Waals surface area contributed by atoms with Gasteiger partial charge in [-0.15, -0.1) is 11.3 Å². The van der Waals surface area contributed by atoms with Crippen LogP contribution in [0.25, 0.3) is 0 Å². The number of amides is 1. The number of nitrogens with one attached hydrogen (secondary N) is 1. The zero-order valence-corrected chi connectivity index (χ0v) is 15.2. The number of nitrogens with zero attached hydrogens (tertiary/aromatic N) is 2. The van der Waals surface area contributed by atoms with Gasteiger partial charge in [-0.3, -0.25) is 15.0 Å². The first kappa shape index (κ1) is 17.1. The summed E-state index contributed by atoms with van der Waals surface area (Å²) in [6.45, 7) is 7.59. The summed E-state index contributed by atoms with van der Waals surface area (Å²) in [6, 6.07) is 7.74. The van der Waals surface area contributed by atoms with Gasteiger partial charge in [-0.2, -0.15) is 0 Å². The number of piperidine rings is 1. The molecule has 1 aliphatic rings. The van der Waals surface area contributed by atoms with E-state index in [0.717, 1.165) is 37.7 Å². The zero-order valence-electron chi connectivity index (χ0n) is 14.4. The van der Waals surface area contributed by atoms with Crippen molar-refractivity contribution in [1.82, 2.24) is 9.88 Å². The molecule has 1 amide bonds. The van der Waals surface area contributed by atoms with Crippen LogP contribution in [0.2, 0.25) is 0 Å². The lowest BCUT2D eigenvalue weighted by Gasteiger charge is -2.29. The van der Waals surface area contributed by atoms with Gasteiger partial charge in [0, 0.05) is 17.5 Å². The number of carbonyl (C=O) groups is 1. The standard InChI is InChI=1S/C19H25N3OS/c1-3-15-4-6-16(7-5-15)18(23)21-19-20-17(13-24-19)12-22-10-8-14(2)9-11-22/h4-7,13-14H,3,8-12H2,1-2H3,(H,20,21,23). The molecule has 0 atom stereocenters. The number of carbonyl (C=O) groups excluding carboxylic acids is 1. The summed E-state index contributed by atoms with van der Waals surface area (Å²) in [4.78, 5) is 19.3. The van der Waals surface area contributed by atoms with E-state index in [1.165, 1.54) is 29.7 Å². The van der Waals surface area contributed by atoms with Crippen molar-refractivity contribution in [2.75, 3.05) is 18.4 Å². The van der Waals surface area contributed by atoms with Gasteiger partial charge in [0.1, 0.15) is 0 Å². The lowest BCUT2D eigenvalue weighted by atomic mass is 9.99. The minimum atomic E-state index is -0.0923. The Balaban J connectivity index is 1.56. The zero-order chi connectivity index (χ0) is 16.9. The third-order valence-electron chi connectivity index (χ3n) is 4.66. The van der Waals surface area contributed by atoms with E-state index in [0.29, 0.717) is 10.7 Å². The molecule has 1 fully saturated rings.